The first-order chi connectivity index (χ1) is 8.99. The topological polar surface area (TPSA) is 17.1 Å². The van der Waals surface area contributed by atoms with Gasteiger partial charge in [0.15, 0.2) is 5.78 Å². The Hall–Kier alpha value is -0.900. The average molecular weight is 362 g/mol. The molecule has 0 saturated heterocycles. The van der Waals surface area contributed by atoms with Gasteiger partial charge in [-0.1, -0.05) is 45.2 Å². The highest BCUT2D eigenvalue weighted by Gasteiger charge is 2.16. The molecule has 5 heteroatoms. The summed E-state index contributed by atoms with van der Waals surface area (Å²) in [6, 6.07) is 9.27. The van der Waals surface area contributed by atoms with Crippen molar-refractivity contribution < 1.29 is 9.18 Å². The maximum atomic E-state index is 13.6. The molecule has 2 aromatic rings. The minimum atomic E-state index is -0.431. The number of carbonyl (C=O) groups is 1. The molecule has 0 spiro atoms. The molecule has 19 heavy (non-hydrogen) atoms. The van der Waals surface area contributed by atoms with Crippen molar-refractivity contribution in [2.75, 3.05) is 0 Å². The fourth-order valence-electron chi connectivity index (χ4n) is 1.70. The molecular weight excluding hydrogens is 354 g/mol. The molecule has 0 radical (unpaired) electrons. The van der Waals surface area contributed by atoms with Crippen LogP contribution in [0.3, 0.4) is 0 Å². The second-order valence-electron chi connectivity index (χ2n) is 3.93. The van der Waals surface area contributed by atoms with Crippen LogP contribution in [0.4, 0.5) is 4.39 Å². The highest BCUT2D eigenvalue weighted by Crippen LogP contribution is 2.26. The Balaban J connectivity index is 2.34. The standard InChI is InChI=1S/C14H8BrCl2FO/c15-9-4-5-12(18)8(6-9)7-13(19)14-10(16)2-1-3-11(14)17/h1-6H,7H2. The first kappa shape index (κ1) is 14.5. The molecular formula is C14H8BrCl2FO. The zero-order chi connectivity index (χ0) is 14.0. The van der Waals surface area contributed by atoms with Gasteiger partial charge >= 0.3 is 0 Å². The Morgan fingerprint density at radius 1 is 1.16 bits per heavy atom. The predicted octanol–water partition coefficient (Wildman–Crippen LogP) is 5.32. The quantitative estimate of drug-likeness (QED) is 0.676. The lowest BCUT2D eigenvalue weighted by Gasteiger charge is -2.07. The molecule has 2 aromatic carbocycles. The van der Waals surface area contributed by atoms with Crippen molar-refractivity contribution in [1.82, 2.24) is 0 Å². The van der Waals surface area contributed by atoms with Crippen LogP contribution in [-0.2, 0) is 6.42 Å². The van der Waals surface area contributed by atoms with Gasteiger partial charge in [-0.3, -0.25) is 4.79 Å². The van der Waals surface area contributed by atoms with E-state index in [1.54, 1.807) is 30.3 Å². The van der Waals surface area contributed by atoms with E-state index in [0.717, 1.165) is 0 Å². The highest BCUT2D eigenvalue weighted by atomic mass is 79.9. The summed E-state index contributed by atoms with van der Waals surface area (Å²) in [5, 5.41) is 0.542. The summed E-state index contributed by atoms with van der Waals surface area (Å²) in [6.07, 6.45) is -0.0886. The van der Waals surface area contributed by atoms with Gasteiger partial charge in [-0.2, -0.15) is 0 Å². The van der Waals surface area contributed by atoms with E-state index in [1.807, 2.05) is 0 Å². The number of ketones is 1. The zero-order valence-corrected chi connectivity index (χ0v) is 12.7. The lowest BCUT2D eigenvalue weighted by atomic mass is 10.0. The first-order valence-electron chi connectivity index (χ1n) is 5.40. The van der Waals surface area contributed by atoms with Gasteiger partial charge in [-0.25, -0.2) is 4.39 Å². The van der Waals surface area contributed by atoms with E-state index in [9.17, 15) is 9.18 Å². The summed E-state index contributed by atoms with van der Waals surface area (Å²) in [7, 11) is 0. The molecule has 0 aliphatic carbocycles. The van der Waals surface area contributed by atoms with E-state index < -0.39 is 5.82 Å². The van der Waals surface area contributed by atoms with Crippen molar-refractivity contribution in [3.8, 4) is 0 Å². The van der Waals surface area contributed by atoms with Crippen LogP contribution < -0.4 is 0 Å². The van der Waals surface area contributed by atoms with Gasteiger partial charge < -0.3 is 0 Å². The van der Waals surface area contributed by atoms with Crippen molar-refractivity contribution in [1.29, 1.82) is 0 Å². The van der Waals surface area contributed by atoms with Gasteiger partial charge in [0.2, 0.25) is 0 Å². The van der Waals surface area contributed by atoms with Gasteiger partial charge in [0.05, 0.1) is 15.6 Å². The van der Waals surface area contributed by atoms with E-state index in [1.165, 1.54) is 6.07 Å². The Kier molecular flexibility index (Phi) is 4.61. The van der Waals surface area contributed by atoms with Crippen LogP contribution in [0, 0.1) is 5.82 Å². The molecule has 0 unspecified atom stereocenters. The van der Waals surface area contributed by atoms with Crippen LogP contribution in [0.1, 0.15) is 15.9 Å². The molecule has 0 N–H and O–H groups in total. The third-order valence-electron chi connectivity index (χ3n) is 2.60. The molecule has 0 aliphatic heterocycles. The minimum Gasteiger partial charge on any atom is -0.294 e. The fraction of sp³-hybridized carbons (Fsp3) is 0.0714. The first-order valence-corrected chi connectivity index (χ1v) is 6.95. The van der Waals surface area contributed by atoms with Crippen LogP contribution in [0.2, 0.25) is 10.0 Å². The zero-order valence-electron chi connectivity index (χ0n) is 9.59. The van der Waals surface area contributed by atoms with Gasteiger partial charge in [0.1, 0.15) is 5.82 Å². The molecule has 0 fully saturated rings. The number of hydrogen-bond donors (Lipinski definition) is 0. The third-order valence-corrected chi connectivity index (χ3v) is 3.72. The molecule has 1 nitrogen and oxygen atoms in total. The average Bonchev–Trinajstić information content (AvgIpc) is 2.33. The number of halogens is 4. The summed E-state index contributed by atoms with van der Waals surface area (Å²) in [5.74, 6) is -0.743. The molecule has 0 bridgehead atoms. The highest BCUT2D eigenvalue weighted by molar-refractivity contribution is 9.10. The molecule has 0 aromatic heterocycles. The Morgan fingerprint density at radius 2 is 1.79 bits per heavy atom. The van der Waals surface area contributed by atoms with E-state index in [2.05, 4.69) is 15.9 Å². The van der Waals surface area contributed by atoms with Gasteiger partial charge in [0, 0.05) is 10.9 Å². The summed E-state index contributed by atoms with van der Waals surface area (Å²) in [6.45, 7) is 0. The molecule has 2 rings (SSSR count). The van der Waals surface area contributed by atoms with Gasteiger partial charge in [-0.05, 0) is 35.9 Å². The lowest BCUT2D eigenvalue weighted by molar-refractivity contribution is 0.0992. The minimum absolute atomic E-state index is 0.0886. The Labute approximate surface area is 128 Å². The van der Waals surface area contributed by atoms with Crippen molar-refractivity contribution in [3.63, 3.8) is 0 Å². The molecule has 98 valence electrons. The van der Waals surface area contributed by atoms with E-state index in [4.69, 9.17) is 23.2 Å². The van der Waals surface area contributed by atoms with Gasteiger partial charge in [0.25, 0.3) is 0 Å². The predicted molar refractivity (Wildman–Crippen MR) is 78.6 cm³/mol. The lowest BCUT2D eigenvalue weighted by Crippen LogP contribution is -2.06. The van der Waals surface area contributed by atoms with E-state index in [0.29, 0.717) is 10.0 Å². The van der Waals surface area contributed by atoms with Crippen molar-refractivity contribution >= 4 is 44.9 Å². The van der Waals surface area contributed by atoms with Crippen LogP contribution in [0.5, 0.6) is 0 Å². The van der Waals surface area contributed by atoms with Crippen LogP contribution in [0.25, 0.3) is 0 Å². The SMILES string of the molecule is O=C(Cc1cc(Br)ccc1F)c1c(Cl)cccc1Cl. The number of benzene rings is 2. The molecule has 0 saturated carbocycles. The maximum Gasteiger partial charge on any atom is 0.170 e. The Morgan fingerprint density at radius 3 is 2.42 bits per heavy atom. The number of Topliss-reactive ketones (excluding diaryl/α,β-unsaturated/α-hetero) is 1. The molecule has 0 heterocycles. The summed E-state index contributed by atoms with van der Waals surface area (Å²) in [4.78, 5) is 12.2. The van der Waals surface area contributed by atoms with E-state index in [-0.39, 0.29) is 27.8 Å². The van der Waals surface area contributed by atoms with Gasteiger partial charge in [-0.15, -0.1) is 0 Å². The van der Waals surface area contributed by atoms with Crippen LogP contribution >= 0.6 is 39.1 Å². The summed E-state index contributed by atoms with van der Waals surface area (Å²) >= 11 is 15.1. The molecule has 0 aliphatic rings. The largest absolute Gasteiger partial charge is 0.294 e. The Bertz CT molecular complexity index is 623. The smallest absolute Gasteiger partial charge is 0.170 e. The fourth-order valence-corrected chi connectivity index (χ4v) is 2.72. The maximum absolute atomic E-state index is 13.6. The van der Waals surface area contributed by atoms with Crippen molar-refractivity contribution in [3.05, 3.63) is 67.9 Å². The molecule has 0 atom stereocenters. The monoisotopic (exact) mass is 360 g/mol. The number of carbonyl (C=O) groups excluding carboxylic acids is 1. The second kappa shape index (κ2) is 6.04. The number of rotatable bonds is 3. The second-order valence-corrected chi connectivity index (χ2v) is 5.66. The van der Waals surface area contributed by atoms with Crippen LogP contribution in [0.15, 0.2) is 40.9 Å². The number of hydrogen-bond acceptors (Lipinski definition) is 1. The van der Waals surface area contributed by atoms with Crippen molar-refractivity contribution in [2.45, 2.75) is 6.42 Å². The normalized spacial score (nSPS) is 10.5. The van der Waals surface area contributed by atoms with Crippen LogP contribution in [-0.4, -0.2) is 5.78 Å². The molecule has 0 amide bonds. The summed E-state index contributed by atoms with van der Waals surface area (Å²) in [5.41, 5.74) is 0.528. The van der Waals surface area contributed by atoms with E-state index >= 15 is 0 Å². The summed E-state index contributed by atoms with van der Waals surface area (Å²) < 4.78 is 14.3. The third kappa shape index (κ3) is 3.35. The van der Waals surface area contributed by atoms with Crippen molar-refractivity contribution in [2.24, 2.45) is 0 Å².